The third-order valence-electron chi connectivity index (χ3n) is 5.60. The summed E-state index contributed by atoms with van der Waals surface area (Å²) in [6.07, 6.45) is 1.07. The highest BCUT2D eigenvalue weighted by Crippen LogP contribution is 2.07. The molecule has 0 heterocycles. The molecule has 0 aliphatic rings. The monoisotopic (exact) mass is 564 g/mol. The van der Waals surface area contributed by atoms with Crippen LogP contribution >= 0.6 is 0 Å². The second-order valence-corrected chi connectivity index (χ2v) is 8.90. The van der Waals surface area contributed by atoms with Crippen molar-refractivity contribution in [3.63, 3.8) is 0 Å². The quantitative estimate of drug-likeness (QED) is 0.0468. The molecule has 16 nitrogen and oxygen atoms in total. The fraction of sp³-hybridized carbons (Fsp3) is 0.500. The van der Waals surface area contributed by atoms with E-state index in [1.165, 1.54) is 0 Å². The highest BCUT2D eigenvalue weighted by atomic mass is 16.4. The number of aliphatic carboxylic acids is 1. The van der Waals surface area contributed by atoms with Crippen molar-refractivity contribution in [2.24, 2.45) is 38.7 Å². The number of carbonyl (C=O) groups excluding carboxylic acids is 3. The summed E-state index contributed by atoms with van der Waals surface area (Å²) in [5, 5.41) is 25.9. The Morgan fingerprint density at radius 2 is 1.25 bits per heavy atom. The molecule has 0 radical (unpaired) electrons. The molecule has 0 aliphatic heterocycles. The van der Waals surface area contributed by atoms with Gasteiger partial charge in [-0.2, -0.15) is 0 Å². The van der Waals surface area contributed by atoms with Crippen LogP contribution in [0.5, 0.6) is 0 Å². The first kappa shape index (κ1) is 33.6. The van der Waals surface area contributed by atoms with Crippen molar-refractivity contribution in [3.05, 3.63) is 35.9 Å². The van der Waals surface area contributed by atoms with Gasteiger partial charge in [0.25, 0.3) is 0 Å². The number of aliphatic hydroxyl groups excluding tert-OH is 1. The molecule has 0 aliphatic carbocycles. The van der Waals surface area contributed by atoms with E-state index in [4.69, 9.17) is 28.7 Å². The summed E-state index contributed by atoms with van der Waals surface area (Å²) in [5.41, 5.74) is 27.9. The number of nitrogens with zero attached hydrogens (tertiary/aromatic N) is 2. The summed E-state index contributed by atoms with van der Waals surface area (Å²) in [6.45, 7) is -0.401. The van der Waals surface area contributed by atoms with E-state index >= 15 is 0 Å². The molecule has 0 bridgehead atoms. The molecule has 0 fully saturated rings. The predicted octanol–water partition coefficient (Wildman–Crippen LogP) is -3.81. The first-order valence-electron chi connectivity index (χ1n) is 12.6. The van der Waals surface area contributed by atoms with Crippen molar-refractivity contribution in [2.45, 2.75) is 56.3 Å². The summed E-state index contributed by atoms with van der Waals surface area (Å²) in [5.74, 6) is -3.82. The second-order valence-electron chi connectivity index (χ2n) is 8.90. The molecule has 0 saturated heterocycles. The van der Waals surface area contributed by atoms with Crippen LogP contribution < -0.4 is 44.6 Å². The lowest BCUT2D eigenvalue weighted by atomic mass is 10.0. The van der Waals surface area contributed by atoms with Crippen molar-refractivity contribution in [2.75, 3.05) is 19.7 Å². The largest absolute Gasteiger partial charge is 0.480 e. The molecule has 16 heteroatoms. The molecule has 4 atom stereocenters. The minimum absolute atomic E-state index is 0.00908. The molecule has 0 spiro atoms. The molecule has 0 saturated carbocycles. The van der Waals surface area contributed by atoms with Gasteiger partial charge in [0, 0.05) is 19.5 Å². The fourth-order valence-electron chi connectivity index (χ4n) is 3.49. The first-order chi connectivity index (χ1) is 18.9. The molecule has 0 aromatic heterocycles. The Bertz CT molecular complexity index is 1030. The molecule has 222 valence electrons. The van der Waals surface area contributed by atoms with Crippen molar-refractivity contribution in [3.8, 4) is 0 Å². The highest BCUT2D eigenvalue weighted by molar-refractivity contribution is 5.94. The molecule has 1 rings (SSSR count). The molecule has 1 aromatic rings. The number of rotatable bonds is 18. The zero-order valence-corrected chi connectivity index (χ0v) is 22.2. The maximum Gasteiger partial charge on any atom is 0.328 e. The van der Waals surface area contributed by atoms with Gasteiger partial charge in [0.15, 0.2) is 11.9 Å². The summed E-state index contributed by atoms with van der Waals surface area (Å²) >= 11 is 0. The van der Waals surface area contributed by atoms with Crippen LogP contribution in [-0.4, -0.2) is 89.7 Å². The minimum atomic E-state index is -1.57. The van der Waals surface area contributed by atoms with Gasteiger partial charge in [-0.1, -0.05) is 30.3 Å². The fourth-order valence-corrected chi connectivity index (χ4v) is 3.49. The average Bonchev–Trinajstić information content (AvgIpc) is 2.90. The van der Waals surface area contributed by atoms with E-state index in [-0.39, 0.29) is 44.3 Å². The van der Waals surface area contributed by atoms with E-state index in [2.05, 4.69) is 25.9 Å². The summed E-state index contributed by atoms with van der Waals surface area (Å²) in [4.78, 5) is 58.0. The number of aliphatic imine (C=N–C) groups is 2. The Hall–Kier alpha value is -4.44. The standard InChI is InChI=1S/C24H40N10O6/c25-15(8-4-10-30-23(26)27)19(36)32-16(9-5-11-31-24(28)29)20(37)33-17(12-14-6-2-1-3-7-14)21(38)34-18(13-35)22(39)40/h1-3,6-7,15-18,35H,4-5,8-13,25H2,(H,32,36)(H,33,37)(H,34,38)(H,39,40)(H4,26,27,30)(H4,28,29,31). The SMILES string of the molecule is NC(N)=NCCCC(N)C(=O)NC(CCCN=C(N)N)C(=O)NC(Cc1ccccc1)C(=O)NC(CO)C(=O)O. The van der Waals surface area contributed by atoms with E-state index in [0.717, 1.165) is 0 Å². The number of carboxylic acids is 1. The van der Waals surface area contributed by atoms with Crippen LogP contribution in [0.15, 0.2) is 40.3 Å². The molecule has 3 amide bonds. The Balaban J connectivity index is 3.06. The Labute approximate surface area is 231 Å². The lowest BCUT2D eigenvalue weighted by molar-refractivity contribution is -0.143. The number of carbonyl (C=O) groups is 4. The number of benzene rings is 1. The topological polar surface area (TPSA) is 300 Å². The normalized spacial score (nSPS) is 13.6. The van der Waals surface area contributed by atoms with Gasteiger partial charge in [0.2, 0.25) is 17.7 Å². The minimum Gasteiger partial charge on any atom is -0.480 e. The van der Waals surface area contributed by atoms with Crippen molar-refractivity contribution < 1.29 is 29.4 Å². The maximum atomic E-state index is 13.3. The van der Waals surface area contributed by atoms with E-state index in [1.807, 2.05) is 0 Å². The molecular weight excluding hydrogens is 524 g/mol. The van der Waals surface area contributed by atoms with Crippen LogP contribution in [0, 0.1) is 0 Å². The van der Waals surface area contributed by atoms with Gasteiger partial charge >= 0.3 is 5.97 Å². The maximum absolute atomic E-state index is 13.3. The van der Waals surface area contributed by atoms with Gasteiger partial charge in [0.1, 0.15) is 18.1 Å². The van der Waals surface area contributed by atoms with Crippen molar-refractivity contribution >= 4 is 35.6 Å². The Kier molecular flexibility index (Phi) is 15.1. The number of hydrogen-bond donors (Lipinski definition) is 10. The van der Waals surface area contributed by atoms with Crippen LogP contribution in [0.2, 0.25) is 0 Å². The number of aliphatic hydroxyl groups is 1. The molecule has 15 N–H and O–H groups in total. The Morgan fingerprint density at radius 3 is 1.77 bits per heavy atom. The van der Waals surface area contributed by atoms with Gasteiger partial charge < -0.3 is 54.8 Å². The van der Waals surface area contributed by atoms with Crippen molar-refractivity contribution in [1.29, 1.82) is 0 Å². The second kappa shape index (κ2) is 18.0. The number of amides is 3. The summed E-state index contributed by atoms with van der Waals surface area (Å²) < 4.78 is 0. The van der Waals surface area contributed by atoms with E-state index in [1.54, 1.807) is 30.3 Å². The van der Waals surface area contributed by atoms with Gasteiger partial charge in [-0.25, -0.2) is 4.79 Å². The predicted molar refractivity (Wildman–Crippen MR) is 148 cm³/mol. The van der Waals surface area contributed by atoms with Gasteiger partial charge in [-0.05, 0) is 31.2 Å². The van der Waals surface area contributed by atoms with E-state index in [9.17, 15) is 29.4 Å². The molecule has 4 unspecified atom stereocenters. The van der Waals surface area contributed by atoms with Gasteiger partial charge in [-0.3, -0.25) is 24.4 Å². The lowest BCUT2D eigenvalue weighted by Gasteiger charge is -2.25. The summed E-state index contributed by atoms with van der Waals surface area (Å²) in [6, 6.07) is 3.81. The van der Waals surface area contributed by atoms with Crippen molar-refractivity contribution in [1.82, 2.24) is 16.0 Å². The smallest absolute Gasteiger partial charge is 0.328 e. The lowest BCUT2D eigenvalue weighted by Crippen LogP contribution is -2.58. The number of carboxylic acid groups (broad SMARTS) is 1. The molecule has 40 heavy (non-hydrogen) atoms. The Morgan fingerprint density at radius 1 is 0.750 bits per heavy atom. The van der Waals surface area contributed by atoms with Crippen LogP contribution in [-0.2, 0) is 25.6 Å². The first-order valence-corrected chi connectivity index (χ1v) is 12.6. The third kappa shape index (κ3) is 13.4. The van der Waals surface area contributed by atoms with E-state index in [0.29, 0.717) is 18.4 Å². The molecule has 1 aromatic carbocycles. The van der Waals surface area contributed by atoms with Crippen LogP contribution in [0.3, 0.4) is 0 Å². The average molecular weight is 565 g/mol. The van der Waals surface area contributed by atoms with Crippen LogP contribution in [0.1, 0.15) is 31.2 Å². The third-order valence-corrected chi connectivity index (χ3v) is 5.60. The number of guanidine groups is 2. The zero-order chi connectivity index (χ0) is 30.1. The summed E-state index contributed by atoms with van der Waals surface area (Å²) in [7, 11) is 0. The van der Waals surface area contributed by atoms with Gasteiger partial charge in [0.05, 0.1) is 12.6 Å². The number of nitrogens with one attached hydrogen (secondary N) is 3. The van der Waals surface area contributed by atoms with E-state index < -0.39 is 54.5 Å². The van der Waals surface area contributed by atoms with Crippen LogP contribution in [0.4, 0.5) is 0 Å². The number of nitrogens with two attached hydrogens (primary N) is 5. The highest BCUT2D eigenvalue weighted by Gasteiger charge is 2.30. The van der Waals surface area contributed by atoms with Crippen LogP contribution in [0.25, 0.3) is 0 Å². The zero-order valence-electron chi connectivity index (χ0n) is 22.2. The molecular formula is C24H40N10O6. The van der Waals surface area contributed by atoms with Gasteiger partial charge in [-0.15, -0.1) is 0 Å². The number of hydrogen-bond acceptors (Lipinski definition) is 8.